The Labute approximate surface area is 264 Å². The summed E-state index contributed by atoms with van der Waals surface area (Å²) in [6, 6.07) is 12.6. The number of amides is 4. The van der Waals surface area contributed by atoms with Crippen molar-refractivity contribution in [1.82, 2.24) is 19.8 Å². The number of nitrogens with zero attached hydrogens (tertiary/aromatic N) is 3. The molecule has 0 radical (unpaired) electrons. The Kier molecular flexibility index (Phi) is 9.40. The van der Waals surface area contributed by atoms with Gasteiger partial charge >= 0.3 is 5.20 Å². The smallest absolute Gasteiger partial charge is 0.322 e. The molecule has 0 spiro atoms. The lowest BCUT2D eigenvalue weighted by Crippen LogP contribution is -2.45. The molecule has 0 unspecified atom stereocenters. The maximum absolute atomic E-state index is 12.4. The first kappa shape index (κ1) is 32.6. The SMILES string of the molecule is CC(C)N1C(=O)c2cccc3[nH]c(=O)cc(c23)C1=O.CC(C)N1C(=O)c2cccc3nc(Cl)cc(c23)C1=O.O=P(Cl)(Cl)Cl. The van der Waals surface area contributed by atoms with Crippen molar-refractivity contribution in [3.05, 3.63) is 86.3 Å². The number of nitrogens with one attached hydrogen (secondary N) is 1. The van der Waals surface area contributed by atoms with Gasteiger partial charge in [0.25, 0.3) is 23.6 Å². The van der Waals surface area contributed by atoms with Gasteiger partial charge in [0.2, 0.25) is 5.56 Å². The summed E-state index contributed by atoms with van der Waals surface area (Å²) in [6.45, 7) is 7.16. The molecule has 2 aliphatic heterocycles. The average molecular weight is 684 g/mol. The number of pyridine rings is 2. The van der Waals surface area contributed by atoms with Gasteiger partial charge in [-0.25, -0.2) is 4.98 Å². The van der Waals surface area contributed by atoms with E-state index in [1.54, 1.807) is 50.2 Å². The van der Waals surface area contributed by atoms with Gasteiger partial charge in [0.05, 0.1) is 27.8 Å². The molecule has 10 nitrogen and oxygen atoms in total. The standard InChI is InChI=1S/C14H11ClN2O2.C14H12N2O3.Cl3OP/c1-7(2)17-13(18)8-4-3-5-10-12(8)9(14(17)19)6-11(15)16-10;1-7(2)16-13(18)8-4-3-5-10-12(8)9(14(16)19)6-11(17)15-10;1-5(2,3)4/h3-7H,1-2H3;3-7H,1-2H3,(H,15,17);. The maximum Gasteiger partial charge on any atom is 0.339 e. The summed E-state index contributed by atoms with van der Waals surface area (Å²) in [7, 11) is 0. The molecule has 0 bridgehead atoms. The summed E-state index contributed by atoms with van der Waals surface area (Å²) < 4.78 is 9.51. The van der Waals surface area contributed by atoms with Crippen molar-refractivity contribution >= 4 is 96.0 Å². The number of benzene rings is 2. The molecular weight excluding hydrogens is 661 g/mol. The fourth-order valence-electron chi connectivity index (χ4n) is 4.91. The van der Waals surface area contributed by atoms with Crippen molar-refractivity contribution in [3.63, 3.8) is 0 Å². The molecule has 2 aromatic carbocycles. The molecule has 0 aliphatic carbocycles. The molecule has 0 atom stereocenters. The van der Waals surface area contributed by atoms with Crippen LogP contribution in [0.3, 0.4) is 0 Å². The highest BCUT2D eigenvalue weighted by molar-refractivity contribution is 8.24. The first-order valence-electron chi connectivity index (χ1n) is 12.7. The van der Waals surface area contributed by atoms with Crippen molar-refractivity contribution in [3.8, 4) is 0 Å². The van der Waals surface area contributed by atoms with E-state index in [0.29, 0.717) is 44.1 Å². The minimum atomic E-state index is -3.22. The second-order valence-electron chi connectivity index (χ2n) is 10.0. The van der Waals surface area contributed by atoms with Gasteiger partial charge in [0.15, 0.2) is 0 Å². The molecule has 2 aromatic heterocycles. The van der Waals surface area contributed by atoms with E-state index >= 15 is 0 Å². The Morgan fingerprint density at radius 3 is 1.65 bits per heavy atom. The highest BCUT2D eigenvalue weighted by Gasteiger charge is 2.36. The first-order valence-corrected chi connectivity index (χ1v) is 17.5. The van der Waals surface area contributed by atoms with Gasteiger partial charge in [-0.1, -0.05) is 23.7 Å². The zero-order chi connectivity index (χ0) is 32.0. The number of carbonyl (C=O) groups is 4. The topological polar surface area (TPSA) is 138 Å². The monoisotopic (exact) mass is 682 g/mol. The molecule has 0 fully saturated rings. The lowest BCUT2D eigenvalue weighted by atomic mass is 9.96. The molecule has 4 heterocycles. The second-order valence-corrected chi connectivity index (χ2v) is 17.0. The van der Waals surface area contributed by atoms with Crippen LogP contribution in [0.15, 0.2) is 53.3 Å². The predicted octanol–water partition coefficient (Wildman–Crippen LogP) is 7.24. The number of H-pyrrole nitrogens is 1. The van der Waals surface area contributed by atoms with E-state index in [2.05, 4.69) is 43.7 Å². The summed E-state index contributed by atoms with van der Waals surface area (Å²) >= 11 is 19.8. The Morgan fingerprint density at radius 2 is 1.14 bits per heavy atom. The molecule has 6 rings (SSSR count). The number of halogens is 4. The molecule has 4 aromatic rings. The summed E-state index contributed by atoms with van der Waals surface area (Å²) in [5.74, 6) is -1.31. The zero-order valence-electron chi connectivity index (χ0n) is 23.0. The largest absolute Gasteiger partial charge is 0.339 e. The normalized spacial score (nSPS) is 14.3. The van der Waals surface area contributed by atoms with Crippen LogP contribution in [0.25, 0.3) is 21.8 Å². The van der Waals surface area contributed by atoms with E-state index in [9.17, 15) is 28.5 Å². The fourth-order valence-corrected chi connectivity index (χ4v) is 5.11. The van der Waals surface area contributed by atoms with Gasteiger partial charge in [-0.05, 0) is 91.7 Å². The summed E-state index contributed by atoms with van der Waals surface area (Å²) in [5.41, 5.74) is 2.45. The lowest BCUT2D eigenvalue weighted by Gasteiger charge is -2.29. The maximum atomic E-state index is 12.4. The average Bonchev–Trinajstić information content (AvgIpc) is 2.89. The van der Waals surface area contributed by atoms with Crippen LogP contribution in [0.2, 0.25) is 5.15 Å². The molecule has 224 valence electrons. The van der Waals surface area contributed by atoms with Gasteiger partial charge in [-0.15, -0.1) is 0 Å². The molecule has 0 saturated heterocycles. The minimum absolute atomic E-state index is 0.199. The van der Waals surface area contributed by atoms with Crippen LogP contribution in [0.1, 0.15) is 69.1 Å². The van der Waals surface area contributed by atoms with Crippen LogP contribution in [0.5, 0.6) is 0 Å². The fraction of sp³-hybridized carbons (Fsp3) is 0.214. The molecule has 1 N–H and O–H groups in total. The third kappa shape index (κ3) is 6.64. The van der Waals surface area contributed by atoms with E-state index in [4.69, 9.17) is 11.6 Å². The van der Waals surface area contributed by atoms with Crippen molar-refractivity contribution in [2.75, 3.05) is 0 Å². The Balaban J connectivity index is 0.000000171. The lowest BCUT2D eigenvalue weighted by molar-refractivity contribution is 0.0547. The van der Waals surface area contributed by atoms with E-state index in [1.807, 2.05) is 13.8 Å². The minimum Gasteiger partial charge on any atom is -0.322 e. The Hall–Kier alpha value is -3.27. The number of hydrogen-bond acceptors (Lipinski definition) is 7. The van der Waals surface area contributed by atoms with Crippen LogP contribution in [0.4, 0.5) is 0 Å². The van der Waals surface area contributed by atoms with Crippen LogP contribution >= 0.6 is 50.5 Å². The molecule has 4 amide bonds. The highest BCUT2D eigenvalue weighted by atomic mass is 36.0. The van der Waals surface area contributed by atoms with E-state index in [1.165, 1.54) is 21.9 Å². The molecule has 0 saturated carbocycles. The molecule has 2 aliphatic rings. The summed E-state index contributed by atoms with van der Waals surface area (Å²) in [6.07, 6.45) is 0. The van der Waals surface area contributed by atoms with Crippen LogP contribution < -0.4 is 5.56 Å². The molecule has 43 heavy (non-hydrogen) atoms. The summed E-state index contributed by atoms with van der Waals surface area (Å²) in [4.78, 5) is 70.4. The summed E-state index contributed by atoms with van der Waals surface area (Å²) in [5, 5.41) is -1.83. The highest BCUT2D eigenvalue weighted by Crippen LogP contribution is 2.61. The van der Waals surface area contributed by atoms with Gasteiger partial charge in [0, 0.05) is 34.4 Å². The van der Waals surface area contributed by atoms with Crippen molar-refractivity contribution in [1.29, 1.82) is 0 Å². The van der Waals surface area contributed by atoms with Crippen LogP contribution in [-0.4, -0.2) is 55.5 Å². The van der Waals surface area contributed by atoms with Crippen molar-refractivity contribution < 1.29 is 23.7 Å². The number of rotatable bonds is 2. The van der Waals surface area contributed by atoms with E-state index in [-0.39, 0.29) is 40.5 Å². The van der Waals surface area contributed by atoms with Crippen molar-refractivity contribution in [2.45, 2.75) is 39.8 Å². The van der Waals surface area contributed by atoms with E-state index in [0.717, 1.165) is 0 Å². The first-order chi connectivity index (χ1) is 20.0. The van der Waals surface area contributed by atoms with E-state index < -0.39 is 11.1 Å². The van der Waals surface area contributed by atoms with Crippen LogP contribution in [-0.2, 0) is 4.57 Å². The number of imide groups is 2. The number of aromatic nitrogens is 2. The third-order valence-corrected chi connectivity index (χ3v) is 6.69. The number of hydrogen-bond donors (Lipinski definition) is 1. The second kappa shape index (κ2) is 12.4. The third-order valence-electron chi connectivity index (χ3n) is 6.50. The number of aromatic amines is 1. The zero-order valence-corrected chi connectivity index (χ0v) is 26.9. The Bertz CT molecular complexity index is 1930. The van der Waals surface area contributed by atoms with Gasteiger partial charge in [-0.2, -0.15) is 0 Å². The number of carbonyl (C=O) groups excluding carboxylic acids is 4. The quantitative estimate of drug-likeness (QED) is 0.134. The van der Waals surface area contributed by atoms with Crippen LogP contribution in [0, 0.1) is 0 Å². The Morgan fingerprint density at radius 1 is 0.698 bits per heavy atom. The van der Waals surface area contributed by atoms with Gasteiger partial charge in [-0.3, -0.25) is 38.3 Å². The molecular formula is C28H23Cl4N4O6P. The van der Waals surface area contributed by atoms with Gasteiger partial charge < -0.3 is 4.98 Å². The predicted molar refractivity (Wildman–Crippen MR) is 168 cm³/mol. The molecule has 15 heteroatoms. The van der Waals surface area contributed by atoms with Crippen molar-refractivity contribution in [2.24, 2.45) is 0 Å². The van der Waals surface area contributed by atoms with Gasteiger partial charge in [0.1, 0.15) is 5.15 Å².